The van der Waals surface area contributed by atoms with Gasteiger partial charge in [0, 0.05) is 38.4 Å². The number of amides is 2. The molecule has 7 heteroatoms. The van der Waals surface area contributed by atoms with E-state index < -0.39 is 11.9 Å². The van der Waals surface area contributed by atoms with Gasteiger partial charge in [-0.1, -0.05) is 13.8 Å². The minimum atomic E-state index is -0.893. The number of nitrogens with zero attached hydrogens (tertiary/aromatic N) is 2. The van der Waals surface area contributed by atoms with Crippen molar-refractivity contribution in [2.45, 2.75) is 20.3 Å². The highest BCUT2D eigenvalue weighted by Crippen LogP contribution is 2.09. The zero-order valence-corrected chi connectivity index (χ0v) is 12.1. The Labute approximate surface area is 118 Å². The minimum absolute atomic E-state index is 0.0257. The topological polar surface area (TPSA) is 96.3 Å². The van der Waals surface area contributed by atoms with Crippen LogP contribution in [0.5, 0.6) is 0 Å². The Morgan fingerprint density at radius 1 is 1.40 bits per heavy atom. The number of carboxylic acid groups (broad SMARTS) is 1. The molecule has 3 N–H and O–H groups in total. The molecule has 112 valence electrons. The van der Waals surface area contributed by atoms with Crippen LogP contribution in [-0.4, -0.2) is 40.0 Å². The predicted molar refractivity (Wildman–Crippen MR) is 74.3 cm³/mol. The van der Waals surface area contributed by atoms with Gasteiger partial charge in [0.1, 0.15) is 0 Å². The number of aromatic nitrogens is 2. The molecule has 0 fully saturated rings. The fourth-order valence-electron chi connectivity index (χ4n) is 1.82. The summed E-state index contributed by atoms with van der Waals surface area (Å²) < 4.78 is 1.75. The number of aryl methyl sites for hydroxylation is 1. The first kappa shape index (κ1) is 16.0. The normalized spacial score (nSPS) is 12.2. The first-order valence-corrected chi connectivity index (χ1v) is 6.63. The summed E-state index contributed by atoms with van der Waals surface area (Å²) >= 11 is 0. The summed E-state index contributed by atoms with van der Waals surface area (Å²) in [7, 11) is 1.84. The molecule has 1 rings (SSSR count). The molecule has 0 radical (unpaired) electrons. The molecule has 7 nitrogen and oxygen atoms in total. The van der Waals surface area contributed by atoms with E-state index >= 15 is 0 Å². The summed E-state index contributed by atoms with van der Waals surface area (Å²) in [6.45, 7) is 4.25. The standard InChI is InChI=1S/C13H22N4O3/c1-9(2)11(12(18)19)8-15-13(20)14-6-4-10-5-7-16-17(10)3/h5,7,9,11H,4,6,8H2,1-3H3,(H,18,19)(H2,14,15,20). The van der Waals surface area contributed by atoms with Crippen LogP contribution in [0.4, 0.5) is 4.79 Å². The average molecular weight is 282 g/mol. The molecule has 1 aromatic heterocycles. The lowest BCUT2D eigenvalue weighted by Crippen LogP contribution is -2.41. The second-order valence-corrected chi connectivity index (χ2v) is 5.02. The minimum Gasteiger partial charge on any atom is -0.481 e. The number of hydrogen-bond donors (Lipinski definition) is 3. The van der Waals surface area contributed by atoms with Crippen LogP contribution >= 0.6 is 0 Å². The van der Waals surface area contributed by atoms with Crippen LogP contribution in [-0.2, 0) is 18.3 Å². The smallest absolute Gasteiger partial charge is 0.314 e. The van der Waals surface area contributed by atoms with Crippen LogP contribution in [0, 0.1) is 11.8 Å². The van der Waals surface area contributed by atoms with Crippen molar-refractivity contribution in [3.8, 4) is 0 Å². The molecule has 0 aliphatic rings. The number of rotatable bonds is 7. The van der Waals surface area contributed by atoms with Crippen molar-refractivity contribution in [2.75, 3.05) is 13.1 Å². The van der Waals surface area contributed by atoms with Crippen molar-refractivity contribution >= 4 is 12.0 Å². The van der Waals surface area contributed by atoms with E-state index in [1.54, 1.807) is 10.9 Å². The van der Waals surface area contributed by atoms with Crippen LogP contribution in [0.25, 0.3) is 0 Å². The van der Waals surface area contributed by atoms with Gasteiger partial charge in [-0.25, -0.2) is 4.79 Å². The molecular formula is C13H22N4O3. The maximum atomic E-state index is 11.6. The number of carboxylic acids is 1. The molecule has 0 aliphatic heterocycles. The van der Waals surface area contributed by atoms with Gasteiger partial charge in [0.05, 0.1) is 5.92 Å². The van der Waals surface area contributed by atoms with Crippen molar-refractivity contribution in [2.24, 2.45) is 18.9 Å². The fraction of sp³-hybridized carbons (Fsp3) is 0.615. The number of aliphatic carboxylic acids is 1. The molecule has 2 amide bonds. The lowest BCUT2D eigenvalue weighted by Gasteiger charge is -2.17. The third kappa shape index (κ3) is 4.91. The Morgan fingerprint density at radius 2 is 2.10 bits per heavy atom. The van der Waals surface area contributed by atoms with Gasteiger partial charge in [0.25, 0.3) is 0 Å². The van der Waals surface area contributed by atoms with E-state index in [0.717, 1.165) is 5.69 Å². The number of nitrogens with one attached hydrogen (secondary N) is 2. The molecular weight excluding hydrogens is 260 g/mol. The number of hydrogen-bond acceptors (Lipinski definition) is 3. The largest absolute Gasteiger partial charge is 0.481 e. The molecule has 1 atom stereocenters. The molecule has 0 saturated heterocycles. The molecule has 0 aromatic carbocycles. The van der Waals surface area contributed by atoms with Crippen molar-refractivity contribution in [3.05, 3.63) is 18.0 Å². The van der Waals surface area contributed by atoms with E-state index in [1.807, 2.05) is 27.0 Å². The lowest BCUT2D eigenvalue weighted by atomic mass is 9.96. The second kappa shape index (κ2) is 7.52. The average Bonchev–Trinajstić information content (AvgIpc) is 2.74. The Kier molecular flexibility index (Phi) is 6.02. The van der Waals surface area contributed by atoms with Gasteiger partial charge < -0.3 is 15.7 Å². The predicted octanol–water partition coefficient (Wildman–Crippen LogP) is 0.619. The molecule has 0 bridgehead atoms. The van der Waals surface area contributed by atoms with Gasteiger partial charge in [0.15, 0.2) is 0 Å². The first-order chi connectivity index (χ1) is 9.41. The third-order valence-corrected chi connectivity index (χ3v) is 3.19. The molecule has 0 saturated carbocycles. The highest BCUT2D eigenvalue weighted by Gasteiger charge is 2.21. The third-order valence-electron chi connectivity index (χ3n) is 3.19. The lowest BCUT2D eigenvalue weighted by molar-refractivity contribution is -0.142. The molecule has 20 heavy (non-hydrogen) atoms. The van der Waals surface area contributed by atoms with Gasteiger partial charge in [-0.15, -0.1) is 0 Å². The first-order valence-electron chi connectivity index (χ1n) is 6.63. The SMILES string of the molecule is CC(C)C(CNC(=O)NCCc1ccnn1C)C(=O)O. The van der Waals surface area contributed by atoms with Crippen LogP contribution in [0.15, 0.2) is 12.3 Å². The summed E-state index contributed by atoms with van der Waals surface area (Å²) in [4.78, 5) is 22.5. The monoisotopic (exact) mass is 282 g/mol. The molecule has 0 spiro atoms. The van der Waals surface area contributed by atoms with Crippen molar-refractivity contribution in [1.29, 1.82) is 0 Å². The summed E-state index contributed by atoms with van der Waals surface area (Å²) in [6, 6.07) is 1.54. The van der Waals surface area contributed by atoms with E-state index in [4.69, 9.17) is 5.11 Å². The van der Waals surface area contributed by atoms with Gasteiger partial charge in [-0.3, -0.25) is 9.48 Å². The van der Waals surface area contributed by atoms with Crippen LogP contribution in [0.3, 0.4) is 0 Å². The van der Waals surface area contributed by atoms with E-state index in [2.05, 4.69) is 15.7 Å². The van der Waals surface area contributed by atoms with E-state index in [0.29, 0.717) is 13.0 Å². The van der Waals surface area contributed by atoms with Gasteiger partial charge >= 0.3 is 12.0 Å². The number of carbonyl (C=O) groups is 2. The van der Waals surface area contributed by atoms with Crippen molar-refractivity contribution < 1.29 is 14.7 Å². The zero-order chi connectivity index (χ0) is 15.1. The van der Waals surface area contributed by atoms with E-state index in [9.17, 15) is 9.59 Å². The molecule has 0 aliphatic carbocycles. The fourth-order valence-corrected chi connectivity index (χ4v) is 1.82. The molecule has 1 unspecified atom stereocenters. The van der Waals surface area contributed by atoms with Crippen LogP contribution < -0.4 is 10.6 Å². The van der Waals surface area contributed by atoms with Crippen LogP contribution in [0.1, 0.15) is 19.5 Å². The Morgan fingerprint density at radius 3 is 2.60 bits per heavy atom. The Bertz CT molecular complexity index is 456. The van der Waals surface area contributed by atoms with Gasteiger partial charge in [-0.2, -0.15) is 5.10 Å². The summed E-state index contributed by atoms with van der Waals surface area (Å²) in [6.07, 6.45) is 2.38. The van der Waals surface area contributed by atoms with Gasteiger partial charge in [0.2, 0.25) is 0 Å². The maximum absolute atomic E-state index is 11.6. The van der Waals surface area contributed by atoms with E-state index in [-0.39, 0.29) is 18.5 Å². The summed E-state index contributed by atoms with van der Waals surface area (Å²) in [5.41, 5.74) is 1.02. The van der Waals surface area contributed by atoms with E-state index in [1.165, 1.54) is 0 Å². The number of carbonyl (C=O) groups excluding carboxylic acids is 1. The van der Waals surface area contributed by atoms with Crippen LogP contribution in [0.2, 0.25) is 0 Å². The molecule has 1 aromatic rings. The van der Waals surface area contributed by atoms with Crippen molar-refractivity contribution in [1.82, 2.24) is 20.4 Å². The quantitative estimate of drug-likeness (QED) is 0.683. The Hall–Kier alpha value is -2.05. The maximum Gasteiger partial charge on any atom is 0.314 e. The molecule has 1 heterocycles. The summed E-state index contributed by atoms with van der Waals surface area (Å²) in [5, 5.41) is 18.3. The second-order valence-electron chi connectivity index (χ2n) is 5.02. The highest BCUT2D eigenvalue weighted by molar-refractivity contribution is 5.75. The zero-order valence-electron chi connectivity index (χ0n) is 12.1. The Balaban J connectivity index is 2.27. The highest BCUT2D eigenvalue weighted by atomic mass is 16.4. The van der Waals surface area contributed by atoms with Crippen molar-refractivity contribution in [3.63, 3.8) is 0 Å². The van der Waals surface area contributed by atoms with Gasteiger partial charge in [-0.05, 0) is 12.0 Å². The summed E-state index contributed by atoms with van der Waals surface area (Å²) in [5.74, 6) is -1.49. The number of urea groups is 1.